The SMILES string of the molecule is CC1CCCC(NC(=O)c2cnn(C)c2N)C1. The van der Waals surface area contributed by atoms with Crippen molar-refractivity contribution in [2.24, 2.45) is 13.0 Å². The molecule has 0 radical (unpaired) electrons. The molecule has 0 aromatic carbocycles. The molecule has 1 heterocycles. The summed E-state index contributed by atoms with van der Waals surface area (Å²) in [5, 5.41) is 7.02. The van der Waals surface area contributed by atoms with Crippen LogP contribution in [-0.4, -0.2) is 21.7 Å². The monoisotopic (exact) mass is 236 g/mol. The molecule has 2 atom stereocenters. The highest BCUT2D eigenvalue weighted by molar-refractivity contribution is 5.98. The zero-order valence-electron chi connectivity index (χ0n) is 10.4. The molecule has 1 aromatic heterocycles. The summed E-state index contributed by atoms with van der Waals surface area (Å²) in [6.07, 6.45) is 6.11. The van der Waals surface area contributed by atoms with E-state index in [4.69, 9.17) is 5.73 Å². The van der Waals surface area contributed by atoms with Crippen LogP contribution in [0.15, 0.2) is 6.20 Å². The molecule has 5 nitrogen and oxygen atoms in total. The van der Waals surface area contributed by atoms with Crippen LogP contribution in [0.5, 0.6) is 0 Å². The van der Waals surface area contributed by atoms with E-state index >= 15 is 0 Å². The number of amides is 1. The van der Waals surface area contributed by atoms with E-state index in [-0.39, 0.29) is 11.9 Å². The zero-order chi connectivity index (χ0) is 12.4. The molecule has 1 amide bonds. The Morgan fingerprint density at radius 1 is 1.59 bits per heavy atom. The van der Waals surface area contributed by atoms with Gasteiger partial charge in [-0.3, -0.25) is 9.48 Å². The third kappa shape index (κ3) is 2.60. The molecule has 1 fully saturated rings. The number of aryl methyl sites for hydroxylation is 1. The summed E-state index contributed by atoms with van der Waals surface area (Å²) in [7, 11) is 1.73. The van der Waals surface area contributed by atoms with Crippen LogP contribution >= 0.6 is 0 Å². The average Bonchev–Trinajstić information content (AvgIpc) is 2.60. The minimum absolute atomic E-state index is 0.102. The first-order valence-electron chi connectivity index (χ1n) is 6.16. The minimum atomic E-state index is -0.102. The van der Waals surface area contributed by atoms with Gasteiger partial charge in [0, 0.05) is 13.1 Å². The summed E-state index contributed by atoms with van der Waals surface area (Å²) in [6.45, 7) is 2.23. The van der Waals surface area contributed by atoms with E-state index in [1.165, 1.54) is 23.7 Å². The topological polar surface area (TPSA) is 72.9 Å². The van der Waals surface area contributed by atoms with Gasteiger partial charge in [0.2, 0.25) is 0 Å². The van der Waals surface area contributed by atoms with Crippen molar-refractivity contribution in [3.8, 4) is 0 Å². The van der Waals surface area contributed by atoms with Crippen molar-refractivity contribution in [1.82, 2.24) is 15.1 Å². The van der Waals surface area contributed by atoms with E-state index in [9.17, 15) is 4.79 Å². The van der Waals surface area contributed by atoms with Crippen LogP contribution < -0.4 is 11.1 Å². The molecule has 17 heavy (non-hydrogen) atoms. The van der Waals surface area contributed by atoms with Crippen molar-refractivity contribution < 1.29 is 4.79 Å². The fraction of sp³-hybridized carbons (Fsp3) is 0.667. The van der Waals surface area contributed by atoms with Gasteiger partial charge < -0.3 is 11.1 Å². The van der Waals surface area contributed by atoms with Crippen molar-refractivity contribution in [3.63, 3.8) is 0 Å². The second-order valence-electron chi connectivity index (χ2n) is 5.01. The zero-order valence-corrected chi connectivity index (χ0v) is 10.4. The fourth-order valence-electron chi connectivity index (χ4n) is 2.45. The Kier molecular flexibility index (Phi) is 3.36. The number of nitrogens with zero attached hydrogens (tertiary/aromatic N) is 2. The molecule has 1 saturated carbocycles. The predicted molar refractivity (Wildman–Crippen MR) is 66.5 cm³/mol. The smallest absolute Gasteiger partial charge is 0.256 e. The summed E-state index contributed by atoms with van der Waals surface area (Å²) < 4.78 is 1.51. The number of hydrogen-bond acceptors (Lipinski definition) is 3. The number of nitrogen functional groups attached to an aromatic ring is 1. The molecule has 94 valence electrons. The van der Waals surface area contributed by atoms with Crippen molar-refractivity contribution in [3.05, 3.63) is 11.8 Å². The third-order valence-electron chi connectivity index (χ3n) is 3.50. The summed E-state index contributed by atoms with van der Waals surface area (Å²) in [6, 6.07) is 0.283. The molecule has 2 rings (SSSR count). The van der Waals surface area contributed by atoms with Gasteiger partial charge in [0.1, 0.15) is 11.4 Å². The van der Waals surface area contributed by atoms with Crippen LogP contribution in [0.1, 0.15) is 43.0 Å². The lowest BCUT2D eigenvalue weighted by Gasteiger charge is -2.27. The molecule has 0 aliphatic heterocycles. The van der Waals surface area contributed by atoms with E-state index in [0.29, 0.717) is 17.3 Å². The highest BCUT2D eigenvalue weighted by Crippen LogP contribution is 2.24. The second-order valence-corrected chi connectivity index (χ2v) is 5.01. The van der Waals surface area contributed by atoms with Crippen LogP contribution in [0.3, 0.4) is 0 Å². The lowest BCUT2D eigenvalue weighted by atomic mass is 9.87. The Morgan fingerprint density at radius 2 is 2.35 bits per heavy atom. The maximum absolute atomic E-state index is 12.0. The highest BCUT2D eigenvalue weighted by atomic mass is 16.1. The average molecular weight is 236 g/mol. The first kappa shape index (κ1) is 12.0. The van der Waals surface area contributed by atoms with Crippen molar-refractivity contribution in [2.45, 2.75) is 38.6 Å². The normalized spacial score (nSPS) is 24.6. The Hall–Kier alpha value is -1.52. The van der Waals surface area contributed by atoms with Gasteiger partial charge in [-0.25, -0.2) is 0 Å². The quantitative estimate of drug-likeness (QED) is 0.813. The van der Waals surface area contributed by atoms with Crippen LogP contribution in [0.2, 0.25) is 0 Å². The molecule has 1 aliphatic carbocycles. The van der Waals surface area contributed by atoms with Gasteiger partial charge in [-0.1, -0.05) is 19.8 Å². The van der Waals surface area contributed by atoms with Gasteiger partial charge >= 0.3 is 0 Å². The van der Waals surface area contributed by atoms with Gasteiger partial charge in [0.15, 0.2) is 0 Å². The molecule has 0 bridgehead atoms. The third-order valence-corrected chi connectivity index (χ3v) is 3.50. The first-order valence-corrected chi connectivity index (χ1v) is 6.16. The number of anilines is 1. The summed E-state index contributed by atoms with van der Waals surface area (Å²) >= 11 is 0. The molecular formula is C12H20N4O. The van der Waals surface area contributed by atoms with E-state index in [1.807, 2.05) is 0 Å². The van der Waals surface area contributed by atoms with E-state index in [0.717, 1.165) is 12.8 Å². The Bertz CT molecular complexity index is 413. The Balaban J connectivity index is 1.99. The highest BCUT2D eigenvalue weighted by Gasteiger charge is 2.22. The number of carbonyl (C=O) groups is 1. The van der Waals surface area contributed by atoms with Gasteiger partial charge in [-0.2, -0.15) is 5.10 Å². The maximum atomic E-state index is 12.0. The minimum Gasteiger partial charge on any atom is -0.383 e. The Labute approximate surface area is 101 Å². The standard InChI is InChI=1S/C12H20N4O/c1-8-4-3-5-9(6-8)15-12(17)10-7-14-16(2)11(10)13/h7-9H,3-6,13H2,1-2H3,(H,15,17). The number of aromatic nitrogens is 2. The van der Waals surface area contributed by atoms with Crippen molar-refractivity contribution >= 4 is 11.7 Å². The van der Waals surface area contributed by atoms with Crippen LogP contribution in [0.25, 0.3) is 0 Å². The Morgan fingerprint density at radius 3 is 2.94 bits per heavy atom. The molecule has 1 aromatic rings. The van der Waals surface area contributed by atoms with Crippen LogP contribution in [-0.2, 0) is 7.05 Å². The number of carbonyl (C=O) groups excluding carboxylic acids is 1. The van der Waals surface area contributed by atoms with Gasteiger partial charge in [0.25, 0.3) is 5.91 Å². The number of nitrogens with one attached hydrogen (secondary N) is 1. The second kappa shape index (κ2) is 4.77. The number of rotatable bonds is 2. The number of hydrogen-bond donors (Lipinski definition) is 2. The molecule has 2 unspecified atom stereocenters. The fourth-order valence-corrected chi connectivity index (χ4v) is 2.45. The molecule has 1 aliphatic rings. The molecule has 0 saturated heterocycles. The molecule has 0 spiro atoms. The summed E-state index contributed by atoms with van der Waals surface area (Å²) in [4.78, 5) is 12.0. The van der Waals surface area contributed by atoms with Gasteiger partial charge in [-0.15, -0.1) is 0 Å². The predicted octanol–water partition coefficient (Wildman–Crippen LogP) is 1.31. The lowest BCUT2D eigenvalue weighted by Crippen LogP contribution is -2.38. The molecule has 5 heteroatoms. The van der Waals surface area contributed by atoms with E-state index < -0.39 is 0 Å². The van der Waals surface area contributed by atoms with E-state index in [1.54, 1.807) is 7.05 Å². The van der Waals surface area contributed by atoms with Crippen LogP contribution in [0.4, 0.5) is 5.82 Å². The van der Waals surface area contributed by atoms with Crippen LogP contribution in [0, 0.1) is 5.92 Å². The maximum Gasteiger partial charge on any atom is 0.256 e. The summed E-state index contributed by atoms with van der Waals surface area (Å²) in [5.74, 6) is 1.02. The molecular weight excluding hydrogens is 216 g/mol. The van der Waals surface area contributed by atoms with Crippen molar-refractivity contribution in [2.75, 3.05) is 5.73 Å². The largest absolute Gasteiger partial charge is 0.383 e. The van der Waals surface area contributed by atoms with Gasteiger partial charge in [0.05, 0.1) is 6.20 Å². The number of nitrogens with two attached hydrogens (primary N) is 1. The van der Waals surface area contributed by atoms with E-state index in [2.05, 4.69) is 17.3 Å². The molecule has 3 N–H and O–H groups in total. The lowest BCUT2D eigenvalue weighted by molar-refractivity contribution is 0.0922. The van der Waals surface area contributed by atoms with Crippen molar-refractivity contribution in [1.29, 1.82) is 0 Å². The first-order chi connectivity index (χ1) is 8.08. The van der Waals surface area contributed by atoms with Gasteiger partial charge in [-0.05, 0) is 18.8 Å². The summed E-state index contributed by atoms with van der Waals surface area (Å²) in [5.41, 5.74) is 6.25.